The fourth-order valence-corrected chi connectivity index (χ4v) is 1.36. The van der Waals surface area contributed by atoms with Crippen molar-refractivity contribution in [3.63, 3.8) is 0 Å². The first kappa shape index (κ1) is 13.7. The number of carbonyl (C=O) groups is 1. The van der Waals surface area contributed by atoms with Crippen molar-refractivity contribution < 1.29 is 4.79 Å². The van der Waals surface area contributed by atoms with E-state index in [0.29, 0.717) is 6.54 Å². The lowest BCUT2D eigenvalue weighted by atomic mass is 9.95. The van der Waals surface area contributed by atoms with Gasteiger partial charge in [-0.3, -0.25) is 4.79 Å². The number of carbonyl (C=O) groups excluding carboxylic acids is 1. The third kappa shape index (κ3) is 3.75. The molecule has 0 saturated heterocycles. The van der Waals surface area contributed by atoms with Gasteiger partial charge in [-0.2, -0.15) is 5.26 Å². The molecule has 0 N–H and O–H groups in total. The minimum Gasteiger partial charge on any atom is -0.335 e. The molecule has 0 aliphatic carbocycles. The highest BCUT2D eigenvalue weighted by molar-refractivity contribution is 5.81. The Kier molecular flexibility index (Phi) is 5.69. The van der Waals surface area contributed by atoms with Gasteiger partial charge in [0.05, 0.1) is 6.07 Å². The number of hydrogen-bond acceptors (Lipinski definition) is 2. The minimum absolute atomic E-state index is 0.0496. The number of nitrogens with zero attached hydrogens (tertiary/aromatic N) is 2. The van der Waals surface area contributed by atoms with Crippen LogP contribution in [0.2, 0.25) is 0 Å². The summed E-state index contributed by atoms with van der Waals surface area (Å²) in [4.78, 5) is 13.7. The van der Waals surface area contributed by atoms with Gasteiger partial charge in [0.1, 0.15) is 5.92 Å². The van der Waals surface area contributed by atoms with Crippen LogP contribution >= 0.6 is 0 Å². The van der Waals surface area contributed by atoms with Gasteiger partial charge in [0, 0.05) is 12.6 Å². The largest absolute Gasteiger partial charge is 0.335 e. The molecule has 0 heterocycles. The zero-order chi connectivity index (χ0) is 12.0. The average Bonchev–Trinajstić information content (AvgIpc) is 2.13. The Morgan fingerprint density at radius 1 is 1.47 bits per heavy atom. The monoisotopic (exact) mass is 208 g/mol. The molecule has 0 aromatic carbocycles. The van der Waals surface area contributed by atoms with E-state index in [4.69, 9.17) is 5.26 Å². The van der Waals surface area contributed by atoms with Gasteiger partial charge >= 0.3 is 0 Å². The van der Waals surface area contributed by atoms with Crippen LogP contribution < -0.4 is 0 Å². The lowest BCUT2D eigenvalue weighted by Crippen LogP contribution is -2.42. The van der Waals surface area contributed by atoms with Crippen molar-refractivity contribution in [3.8, 4) is 6.07 Å². The van der Waals surface area contributed by atoms with Crippen LogP contribution in [0.1, 0.15) is 27.7 Å². The van der Waals surface area contributed by atoms with Crippen LogP contribution in [0.3, 0.4) is 0 Å². The van der Waals surface area contributed by atoms with Crippen molar-refractivity contribution in [3.05, 3.63) is 12.7 Å². The molecule has 0 radical (unpaired) electrons. The van der Waals surface area contributed by atoms with Crippen LogP contribution in [0.4, 0.5) is 0 Å². The highest BCUT2D eigenvalue weighted by Crippen LogP contribution is 2.15. The van der Waals surface area contributed by atoms with Crippen molar-refractivity contribution in [2.45, 2.75) is 33.7 Å². The van der Waals surface area contributed by atoms with Crippen LogP contribution in [0, 0.1) is 23.2 Å². The number of amides is 1. The van der Waals surface area contributed by atoms with Crippen molar-refractivity contribution in [2.24, 2.45) is 11.8 Å². The molecule has 0 fully saturated rings. The maximum Gasteiger partial charge on any atom is 0.240 e. The number of nitriles is 1. The fourth-order valence-electron chi connectivity index (χ4n) is 1.36. The van der Waals surface area contributed by atoms with Gasteiger partial charge in [-0.05, 0) is 19.8 Å². The van der Waals surface area contributed by atoms with E-state index in [9.17, 15) is 4.79 Å². The molecule has 15 heavy (non-hydrogen) atoms. The Hall–Kier alpha value is -1.30. The second kappa shape index (κ2) is 6.23. The summed E-state index contributed by atoms with van der Waals surface area (Å²) in [5.41, 5.74) is 0. The van der Waals surface area contributed by atoms with Gasteiger partial charge in [-0.15, -0.1) is 6.58 Å². The zero-order valence-corrected chi connectivity index (χ0v) is 10.0. The molecule has 84 valence electrons. The molecule has 3 nitrogen and oxygen atoms in total. The van der Waals surface area contributed by atoms with Gasteiger partial charge in [0.25, 0.3) is 0 Å². The van der Waals surface area contributed by atoms with E-state index in [1.807, 2.05) is 27.7 Å². The molecule has 0 saturated carbocycles. The predicted octanol–water partition coefficient (Wildman–Crippen LogP) is 2.21. The Morgan fingerprint density at radius 2 is 2.00 bits per heavy atom. The summed E-state index contributed by atoms with van der Waals surface area (Å²) >= 11 is 0. The van der Waals surface area contributed by atoms with Gasteiger partial charge in [0.2, 0.25) is 5.91 Å². The molecular weight excluding hydrogens is 188 g/mol. The van der Waals surface area contributed by atoms with Gasteiger partial charge in [-0.1, -0.05) is 19.9 Å². The Balaban J connectivity index is 4.76. The van der Waals surface area contributed by atoms with E-state index in [1.54, 1.807) is 11.0 Å². The molecule has 0 aromatic rings. The van der Waals surface area contributed by atoms with Crippen LogP contribution in [0.15, 0.2) is 12.7 Å². The summed E-state index contributed by atoms with van der Waals surface area (Å²) in [5, 5.41) is 8.94. The van der Waals surface area contributed by atoms with E-state index >= 15 is 0 Å². The molecule has 1 amide bonds. The van der Waals surface area contributed by atoms with Crippen molar-refractivity contribution >= 4 is 5.91 Å². The van der Waals surface area contributed by atoms with Crippen molar-refractivity contribution in [1.29, 1.82) is 5.26 Å². The van der Waals surface area contributed by atoms with Crippen LogP contribution in [0.5, 0.6) is 0 Å². The number of hydrogen-bond donors (Lipinski definition) is 0. The predicted molar refractivity (Wildman–Crippen MR) is 61.0 cm³/mol. The third-order valence-electron chi connectivity index (χ3n) is 2.30. The number of rotatable bonds is 5. The highest BCUT2D eigenvalue weighted by Gasteiger charge is 2.27. The summed E-state index contributed by atoms with van der Waals surface area (Å²) in [7, 11) is 0. The van der Waals surface area contributed by atoms with Crippen LogP contribution in [-0.2, 0) is 4.79 Å². The lowest BCUT2D eigenvalue weighted by Gasteiger charge is -2.28. The lowest BCUT2D eigenvalue weighted by molar-refractivity contribution is -0.136. The normalized spacial score (nSPS) is 12.3. The van der Waals surface area contributed by atoms with Gasteiger partial charge in [-0.25, -0.2) is 0 Å². The summed E-state index contributed by atoms with van der Waals surface area (Å²) in [6, 6.07) is 2.17. The summed E-state index contributed by atoms with van der Waals surface area (Å²) in [5.74, 6) is -0.594. The maximum absolute atomic E-state index is 12.0. The molecule has 0 aliphatic heterocycles. The second-order valence-electron chi connectivity index (χ2n) is 4.22. The average molecular weight is 208 g/mol. The quantitative estimate of drug-likeness (QED) is 0.650. The molecule has 1 unspecified atom stereocenters. The molecule has 0 spiro atoms. The molecule has 0 aromatic heterocycles. The van der Waals surface area contributed by atoms with Crippen LogP contribution in [0.25, 0.3) is 0 Å². The van der Waals surface area contributed by atoms with E-state index in [2.05, 4.69) is 12.6 Å². The van der Waals surface area contributed by atoms with Crippen LogP contribution in [-0.4, -0.2) is 23.4 Å². The first-order valence-electron chi connectivity index (χ1n) is 5.26. The third-order valence-corrected chi connectivity index (χ3v) is 2.30. The second-order valence-corrected chi connectivity index (χ2v) is 4.22. The molecule has 0 rings (SSSR count). The smallest absolute Gasteiger partial charge is 0.240 e. The summed E-state index contributed by atoms with van der Waals surface area (Å²) in [6.45, 7) is 11.8. The Bertz CT molecular complexity index is 263. The Morgan fingerprint density at radius 3 is 2.27 bits per heavy atom. The highest BCUT2D eigenvalue weighted by atomic mass is 16.2. The topological polar surface area (TPSA) is 44.1 Å². The minimum atomic E-state index is -0.549. The maximum atomic E-state index is 12.0. The molecule has 0 aliphatic rings. The summed E-state index contributed by atoms with van der Waals surface area (Å²) < 4.78 is 0. The molecule has 0 bridgehead atoms. The molecule has 1 atom stereocenters. The SMILES string of the molecule is C=CCN(C(=O)C(C#N)C(C)C)C(C)C. The fraction of sp³-hybridized carbons (Fsp3) is 0.667. The van der Waals surface area contributed by atoms with Crippen molar-refractivity contribution in [2.75, 3.05) is 6.54 Å². The summed E-state index contributed by atoms with van der Waals surface area (Å²) in [6.07, 6.45) is 1.69. The Labute approximate surface area is 92.4 Å². The van der Waals surface area contributed by atoms with Gasteiger partial charge < -0.3 is 4.90 Å². The van der Waals surface area contributed by atoms with E-state index in [1.165, 1.54) is 0 Å². The zero-order valence-electron chi connectivity index (χ0n) is 10.0. The van der Waals surface area contributed by atoms with Gasteiger partial charge in [0.15, 0.2) is 0 Å². The van der Waals surface area contributed by atoms with E-state index in [-0.39, 0.29) is 17.9 Å². The molecular formula is C12H20N2O. The van der Waals surface area contributed by atoms with E-state index < -0.39 is 5.92 Å². The van der Waals surface area contributed by atoms with Crippen molar-refractivity contribution in [1.82, 2.24) is 4.90 Å². The first-order chi connectivity index (χ1) is 6.95. The molecule has 3 heteroatoms. The standard InChI is InChI=1S/C12H20N2O/c1-6-7-14(10(4)5)12(15)11(8-13)9(2)3/h6,9-11H,1,7H2,2-5H3. The first-order valence-corrected chi connectivity index (χ1v) is 5.26. The van der Waals surface area contributed by atoms with E-state index in [0.717, 1.165) is 0 Å².